The molecule has 0 N–H and O–H groups in total. The van der Waals surface area contributed by atoms with E-state index >= 15 is 0 Å². The molecule has 0 aromatic carbocycles. The summed E-state index contributed by atoms with van der Waals surface area (Å²) in [5.74, 6) is 1.09. The van der Waals surface area contributed by atoms with Crippen molar-refractivity contribution in [3.05, 3.63) is 47.2 Å². The molecule has 4 heterocycles. The van der Waals surface area contributed by atoms with E-state index in [1.165, 1.54) is 9.51 Å². The second kappa shape index (κ2) is 7.83. The average Bonchev–Trinajstić information content (AvgIpc) is 3.38. The Labute approximate surface area is 161 Å². The number of carbonyl (C=O) groups excluding carboxylic acids is 1. The zero-order valence-corrected chi connectivity index (χ0v) is 15.8. The van der Waals surface area contributed by atoms with E-state index in [2.05, 4.69) is 38.2 Å². The number of piperidine rings is 1. The highest BCUT2D eigenvalue weighted by Crippen LogP contribution is 2.24. The molecule has 3 aromatic rings. The van der Waals surface area contributed by atoms with E-state index in [1.54, 1.807) is 17.4 Å². The van der Waals surface area contributed by atoms with Crippen molar-refractivity contribution in [1.82, 2.24) is 30.2 Å². The quantitative estimate of drug-likeness (QED) is 0.606. The summed E-state index contributed by atoms with van der Waals surface area (Å²) in [5, 5.41) is 17.8. The third-order valence-electron chi connectivity index (χ3n) is 4.81. The minimum absolute atomic E-state index is 0.0398. The summed E-state index contributed by atoms with van der Waals surface area (Å²) in [5.41, 5.74) is 0.623. The first-order valence-electron chi connectivity index (χ1n) is 8.97. The van der Waals surface area contributed by atoms with Gasteiger partial charge in [0.25, 0.3) is 0 Å². The molecule has 1 fully saturated rings. The van der Waals surface area contributed by atoms with E-state index in [1.807, 2.05) is 28.5 Å². The molecule has 0 unspecified atom stereocenters. The molecule has 1 saturated heterocycles. The number of hydrogen-bond donors (Lipinski definition) is 0. The highest BCUT2D eigenvalue weighted by molar-refractivity contribution is 7.09. The van der Waals surface area contributed by atoms with E-state index in [0.29, 0.717) is 18.7 Å². The van der Waals surface area contributed by atoms with Crippen molar-refractivity contribution in [3.8, 4) is 0 Å². The van der Waals surface area contributed by atoms with Crippen molar-refractivity contribution in [2.45, 2.75) is 19.4 Å². The van der Waals surface area contributed by atoms with Gasteiger partial charge in [-0.1, -0.05) is 12.1 Å². The third-order valence-corrected chi connectivity index (χ3v) is 5.67. The summed E-state index contributed by atoms with van der Waals surface area (Å²) in [6.45, 7) is 6.61. The Hall–Kier alpha value is -2.81. The number of aromatic nitrogens is 5. The fourth-order valence-corrected chi connectivity index (χ4v) is 4.12. The van der Waals surface area contributed by atoms with Gasteiger partial charge in [-0.15, -0.1) is 32.7 Å². The summed E-state index contributed by atoms with van der Waals surface area (Å²) >= 11 is 1.68. The minimum Gasteiger partial charge on any atom is -0.355 e. The zero-order chi connectivity index (χ0) is 18.6. The molecule has 1 aliphatic rings. The van der Waals surface area contributed by atoms with Crippen LogP contribution < -0.4 is 4.90 Å². The van der Waals surface area contributed by atoms with Crippen LogP contribution in [0.4, 0.5) is 5.82 Å². The van der Waals surface area contributed by atoms with Crippen LogP contribution in [-0.2, 0) is 11.3 Å². The number of nitrogens with zero attached hydrogens (tertiary/aromatic N) is 7. The number of fused-ring (bicyclic) bond motifs is 1. The highest BCUT2D eigenvalue weighted by atomic mass is 32.1. The predicted octanol–water partition coefficient (Wildman–Crippen LogP) is 2.01. The summed E-state index contributed by atoms with van der Waals surface area (Å²) in [6.07, 6.45) is 3.42. The molecule has 27 heavy (non-hydrogen) atoms. The lowest BCUT2D eigenvalue weighted by Gasteiger charge is -2.34. The summed E-state index contributed by atoms with van der Waals surface area (Å²) in [6, 6.07) is 7.86. The Morgan fingerprint density at radius 1 is 1.33 bits per heavy atom. The first-order valence-corrected chi connectivity index (χ1v) is 9.85. The van der Waals surface area contributed by atoms with Crippen LogP contribution in [0.2, 0.25) is 0 Å². The van der Waals surface area contributed by atoms with Crippen molar-refractivity contribution >= 4 is 28.7 Å². The number of carbonyl (C=O) groups is 1. The molecular formula is C18H21N7OS. The van der Waals surface area contributed by atoms with Crippen LogP contribution in [0.3, 0.4) is 0 Å². The average molecular weight is 383 g/mol. The number of thiophene rings is 1. The van der Waals surface area contributed by atoms with Gasteiger partial charge in [0.1, 0.15) is 0 Å². The molecule has 4 rings (SSSR count). The highest BCUT2D eigenvalue weighted by Gasteiger charge is 2.29. The number of rotatable bonds is 6. The Balaban J connectivity index is 1.39. The third kappa shape index (κ3) is 3.82. The van der Waals surface area contributed by atoms with Crippen LogP contribution in [0.1, 0.15) is 17.7 Å². The van der Waals surface area contributed by atoms with Crippen LogP contribution in [0.25, 0.3) is 5.65 Å². The van der Waals surface area contributed by atoms with Gasteiger partial charge >= 0.3 is 0 Å². The monoisotopic (exact) mass is 383 g/mol. The van der Waals surface area contributed by atoms with Gasteiger partial charge in [0.2, 0.25) is 5.91 Å². The van der Waals surface area contributed by atoms with Gasteiger partial charge in [-0.3, -0.25) is 4.79 Å². The summed E-state index contributed by atoms with van der Waals surface area (Å²) in [4.78, 5) is 18.3. The molecule has 9 heteroatoms. The Kier molecular flexibility index (Phi) is 5.10. The molecule has 0 atom stereocenters. The van der Waals surface area contributed by atoms with Crippen LogP contribution in [0.5, 0.6) is 0 Å². The van der Waals surface area contributed by atoms with E-state index in [9.17, 15) is 4.79 Å². The number of tetrazole rings is 1. The second-order valence-corrected chi connectivity index (χ2v) is 7.60. The second-order valence-electron chi connectivity index (χ2n) is 6.57. The fraction of sp³-hybridized carbons (Fsp3) is 0.389. The topological polar surface area (TPSA) is 79.5 Å². The standard InChI is InChI=1S/C18H21N7OS/c1-2-9-24(13-15-4-3-12-27-15)18(26)14-7-10-23(11-8-14)17-6-5-16-19-21-22-25(16)20-17/h2-6,12,14H,1,7-11,13H2. The van der Waals surface area contributed by atoms with Gasteiger partial charge in [-0.05, 0) is 46.8 Å². The minimum atomic E-state index is 0.0398. The van der Waals surface area contributed by atoms with Gasteiger partial charge < -0.3 is 9.80 Å². The molecule has 0 radical (unpaired) electrons. The maximum absolute atomic E-state index is 13.0. The molecule has 1 aliphatic heterocycles. The van der Waals surface area contributed by atoms with Gasteiger partial charge in [0.05, 0.1) is 6.54 Å². The van der Waals surface area contributed by atoms with Crippen molar-refractivity contribution in [3.63, 3.8) is 0 Å². The Morgan fingerprint density at radius 2 is 2.19 bits per heavy atom. The summed E-state index contributed by atoms with van der Waals surface area (Å²) < 4.78 is 1.43. The largest absolute Gasteiger partial charge is 0.355 e. The maximum Gasteiger partial charge on any atom is 0.226 e. The molecule has 0 aliphatic carbocycles. The zero-order valence-electron chi connectivity index (χ0n) is 14.9. The predicted molar refractivity (Wildman–Crippen MR) is 103 cm³/mol. The summed E-state index contributed by atoms with van der Waals surface area (Å²) in [7, 11) is 0. The van der Waals surface area contributed by atoms with Gasteiger partial charge in [0, 0.05) is 30.4 Å². The Morgan fingerprint density at radius 3 is 2.93 bits per heavy atom. The van der Waals surface area contributed by atoms with E-state index in [-0.39, 0.29) is 11.8 Å². The van der Waals surface area contributed by atoms with Crippen LogP contribution in [0, 0.1) is 5.92 Å². The number of amides is 1. The van der Waals surface area contributed by atoms with E-state index < -0.39 is 0 Å². The molecule has 3 aromatic heterocycles. The fourth-order valence-electron chi connectivity index (χ4n) is 3.40. The van der Waals surface area contributed by atoms with Crippen LogP contribution >= 0.6 is 11.3 Å². The van der Waals surface area contributed by atoms with Crippen molar-refractivity contribution in [1.29, 1.82) is 0 Å². The smallest absolute Gasteiger partial charge is 0.226 e. The maximum atomic E-state index is 13.0. The van der Waals surface area contributed by atoms with E-state index in [4.69, 9.17) is 0 Å². The van der Waals surface area contributed by atoms with Crippen molar-refractivity contribution in [2.75, 3.05) is 24.5 Å². The van der Waals surface area contributed by atoms with Crippen molar-refractivity contribution < 1.29 is 4.79 Å². The Bertz CT molecular complexity index is 915. The lowest BCUT2D eigenvalue weighted by Crippen LogP contribution is -2.42. The van der Waals surface area contributed by atoms with Crippen LogP contribution in [0.15, 0.2) is 42.3 Å². The molecule has 0 saturated carbocycles. The van der Waals surface area contributed by atoms with Gasteiger partial charge in [-0.25, -0.2) is 0 Å². The van der Waals surface area contributed by atoms with Gasteiger partial charge in [0.15, 0.2) is 11.5 Å². The lowest BCUT2D eigenvalue weighted by atomic mass is 9.95. The lowest BCUT2D eigenvalue weighted by molar-refractivity contribution is -0.136. The SMILES string of the molecule is C=CCN(Cc1cccs1)C(=O)C1CCN(c2ccc3nnnn3n2)CC1. The molecule has 140 valence electrons. The first-order chi connectivity index (χ1) is 13.2. The van der Waals surface area contributed by atoms with E-state index in [0.717, 1.165) is 31.7 Å². The first kappa shape index (κ1) is 17.6. The molecule has 8 nitrogen and oxygen atoms in total. The molecule has 0 spiro atoms. The normalized spacial score (nSPS) is 15.2. The number of hydrogen-bond acceptors (Lipinski definition) is 7. The number of anilines is 1. The molecular weight excluding hydrogens is 362 g/mol. The van der Waals surface area contributed by atoms with Crippen LogP contribution in [-0.4, -0.2) is 55.7 Å². The molecule has 1 amide bonds. The molecule has 0 bridgehead atoms. The van der Waals surface area contributed by atoms with Crippen molar-refractivity contribution in [2.24, 2.45) is 5.92 Å². The van der Waals surface area contributed by atoms with Gasteiger partial charge in [-0.2, -0.15) is 0 Å².